The van der Waals surface area contributed by atoms with Gasteiger partial charge in [0.2, 0.25) is 0 Å². The summed E-state index contributed by atoms with van der Waals surface area (Å²) < 4.78 is 39.0. The second kappa shape index (κ2) is 4.87. The highest BCUT2D eigenvalue weighted by Gasteiger charge is 2.54. The van der Waals surface area contributed by atoms with Gasteiger partial charge in [0, 0.05) is 11.8 Å². The topological polar surface area (TPSA) is 17.1 Å². The lowest BCUT2D eigenvalue weighted by Crippen LogP contribution is -2.43. The summed E-state index contributed by atoms with van der Waals surface area (Å²) >= 11 is 0. The van der Waals surface area contributed by atoms with Crippen molar-refractivity contribution in [3.05, 3.63) is 29.3 Å². The standard InChI is InChI=1S/C18H21BF3O/c1-18-9-8-14-13-5-3-12(19(20,21)22)10-11(13)2-4-15(14)16(18)6-7-17(18)23/h3,5,10,14-16H,2,4,6-9H2,1H3/q-1/t14-,15-,16+,18+/m1/s1. The van der Waals surface area contributed by atoms with E-state index in [0.29, 0.717) is 30.0 Å². The summed E-state index contributed by atoms with van der Waals surface area (Å²) in [6.07, 6.45) is 5.13. The summed E-state index contributed by atoms with van der Waals surface area (Å²) in [5, 5.41) is 0. The molecular formula is C18H21BF3O-. The van der Waals surface area contributed by atoms with Crippen LogP contribution in [0.3, 0.4) is 0 Å². The van der Waals surface area contributed by atoms with Crippen molar-refractivity contribution in [1.82, 2.24) is 0 Å². The normalized spacial score (nSPS) is 36.3. The molecule has 3 aliphatic carbocycles. The largest absolute Gasteiger partial charge is 0.509 e. The molecule has 2 fully saturated rings. The van der Waals surface area contributed by atoms with E-state index in [0.717, 1.165) is 43.2 Å². The fraction of sp³-hybridized carbons (Fsp3) is 0.611. The fourth-order valence-electron chi connectivity index (χ4n) is 5.58. The highest BCUT2D eigenvalue weighted by Crippen LogP contribution is 2.59. The number of fused-ring (bicyclic) bond motifs is 5. The third-order valence-corrected chi connectivity index (χ3v) is 6.84. The van der Waals surface area contributed by atoms with Gasteiger partial charge in [0.25, 0.3) is 0 Å². The van der Waals surface area contributed by atoms with Gasteiger partial charge in [-0.3, -0.25) is 4.79 Å². The van der Waals surface area contributed by atoms with E-state index in [2.05, 4.69) is 6.92 Å². The summed E-state index contributed by atoms with van der Waals surface area (Å²) in [5.74, 6) is 1.64. The molecule has 2 saturated carbocycles. The van der Waals surface area contributed by atoms with Crippen molar-refractivity contribution in [3.8, 4) is 0 Å². The van der Waals surface area contributed by atoms with Crippen LogP contribution in [0.25, 0.3) is 0 Å². The zero-order chi connectivity index (χ0) is 16.4. The van der Waals surface area contributed by atoms with Crippen LogP contribution in [-0.2, 0) is 11.2 Å². The quantitative estimate of drug-likeness (QED) is 0.710. The molecule has 0 amide bonds. The molecule has 4 rings (SSSR count). The third kappa shape index (κ3) is 2.19. The first-order valence-corrected chi connectivity index (χ1v) is 8.66. The van der Waals surface area contributed by atoms with Crippen LogP contribution in [0.5, 0.6) is 0 Å². The van der Waals surface area contributed by atoms with Crippen molar-refractivity contribution in [2.24, 2.45) is 17.3 Å². The summed E-state index contributed by atoms with van der Waals surface area (Å²) in [5.41, 5.74) is 1.36. The third-order valence-electron chi connectivity index (χ3n) is 6.84. The van der Waals surface area contributed by atoms with E-state index >= 15 is 0 Å². The van der Waals surface area contributed by atoms with Gasteiger partial charge in [0.15, 0.2) is 0 Å². The lowest BCUT2D eigenvalue weighted by atomic mass is 9.55. The van der Waals surface area contributed by atoms with E-state index in [9.17, 15) is 17.7 Å². The molecule has 0 heterocycles. The number of Topliss-reactive ketones (excluding diaryl/α,β-unsaturated/α-hetero) is 1. The highest BCUT2D eigenvalue weighted by atomic mass is 19.4. The SMILES string of the molecule is C[C@]12CC[C@@H]3c4ccc([B-](F)(F)F)cc4CC[C@H]3[C@@H]1CCC2=O. The summed E-state index contributed by atoms with van der Waals surface area (Å²) in [7, 11) is 0. The van der Waals surface area contributed by atoms with Gasteiger partial charge in [0.1, 0.15) is 5.78 Å². The van der Waals surface area contributed by atoms with Crippen molar-refractivity contribution < 1.29 is 17.7 Å². The van der Waals surface area contributed by atoms with Gasteiger partial charge in [-0.15, -0.1) is 5.46 Å². The van der Waals surface area contributed by atoms with Crippen LogP contribution in [0.1, 0.15) is 56.1 Å². The molecule has 3 aliphatic rings. The molecule has 1 aromatic carbocycles. The lowest BCUT2D eigenvalue weighted by Gasteiger charge is -2.48. The van der Waals surface area contributed by atoms with E-state index < -0.39 is 12.4 Å². The first-order valence-electron chi connectivity index (χ1n) is 8.66. The van der Waals surface area contributed by atoms with Crippen molar-refractivity contribution in [1.29, 1.82) is 0 Å². The lowest BCUT2D eigenvalue weighted by molar-refractivity contribution is -0.129. The molecule has 23 heavy (non-hydrogen) atoms. The monoisotopic (exact) mass is 321 g/mol. The van der Waals surface area contributed by atoms with Gasteiger partial charge in [-0.1, -0.05) is 25.1 Å². The van der Waals surface area contributed by atoms with Gasteiger partial charge in [-0.05, 0) is 61.0 Å². The Morgan fingerprint density at radius 1 is 1.13 bits per heavy atom. The number of ketones is 1. The number of halogens is 3. The van der Waals surface area contributed by atoms with Crippen LogP contribution in [0.2, 0.25) is 0 Å². The maximum absolute atomic E-state index is 13.0. The van der Waals surface area contributed by atoms with E-state index in [1.54, 1.807) is 6.07 Å². The Hall–Kier alpha value is -1.26. The minimum Gasteiger partial charge on any atom is -0.445 e. The summed E-state index contributed by atoms with van der Waals surface area (Å²) in [4.78, 5) is 12.3. The maximum atomic E-state index is 13.0. The molecule has 0 saturated heterocycles. The number of carbonyl (C=O) groups excluding carboxylic acids is 1. The Bertz CT molecular complexity index is 669. The molecule has 0 aromatic heterocycles. The smallest absolute Gasteiger partial charge is 0.445 e. The predicted octanol–water partition coefficient (Wildman–Crippen LogP) is 4.17. The first kappa shape index (κ1) is 15.3. The number of hydrogen-bond donors (Lipinski definition) is 0. The molecule has 0 bridgehead atoms. The highest BCUT2D eigenvalue weighted by molar-refractivity contribution is 6.73. The molecule has 4 atom stereocenters. The molecule has 124 valence electrons. The minimum atomic E-state index is -4.92. The van der Waals surface area contributed by atoms with Crippen molar-refractivity contribution in [2.75, 3.05) is 0 Å². The van der Waals surface area contributed by atoms with Gasteiger partial charge in [-0.25, -0.2) is 0 Å². The Kier molecular flexibility index (Phi) is 3.24. The van der Waals surface area contributed by atoms with Crippen LogP contribution in [0.15, 0.2) is 18.2 Å². The Morgan fingerprint density at radius 3 is 2.65 bits per heavy atom. The molecule has 0 aliphatic heterocycles. The van der Waals surface area contributed by atoms with Gasteiger partial charge >= 0.3 is 6.98 Å². The number of aryl methyl sites for hydroxylation is 1. The van der Waals surface area contributed by atoms with E-state index in [4.69, 9.17) is 0 Å². The van der Waals surface area contributed by atoms with E-state index in [1.165, 1.54) is 12.1 Å². The van der Waals surface area contributed by atoms with Crippen molar-refractivity contribution >= 4 is 18.2 Å². The maximum Gasteiger partial charge on any atom is 0.509 e. The van der Waals surface area contributed by atoms with Crippen LogP contribution in [0.4, 0.5) is 12.9 Å². The number of hydrogen-bond acceptors (Lipinski definition) is 1. The summed E-state index contributed by atoms with van der Waals surface area (Å²) in [6.45, 7) is -2.80. The first-order chi connectivity index (χ1) is 10.8. The molecule has 0 unspecified atom stereocenters. The number of rotatable bonds is 1. The van der Waals surface area contributed by atoms with Crippen LogP contribution < -0.4 is 5.46 Å². The van der Waals surface area contributed by atoms with Crippen LogP contribution in [0, 0.1) is 17.3 Å². The second-order valence-electron chi connectivity index (χ2n) is 7.87. The fourth-order valence-corrected chi connectivity index (χ4v) is 5.58. The Balaban J connectivity index is 1.69. The summed E-state index contributed by atoms with van der Waals surface area (Å²) in [6, 6.07) is 4.35. The molecule has 1 nitrogen and oxygen atoms in total. The molecule has 5 heteroatoms. The zero-order valence-electron chi connectivity index (χ0n) is 13.3. The van der Waals surface area contributed by atoms with Crippen LogP contribution in [-0.4, -0.2) is 12.8 Å². The molecule has 1 aromatic rings. The van der Waals surface area contributed by atoms with E-state index in [1.807, 2.05) is 0 Å². The van der Waals surface area contributed by atoms with E-state index in [-0.39, 0.29) is 5.41 Å². The average Bonchev–Trinajstić information content (AvgIpc) is 2.81. The molecule has 0 spiro atoms. The predicted molar refractivity (Wildman–Crippen MR) is 84.8 cm³/mol. The van der Waals surface area contributed by atoms with Crippen molar-refractivity contribution in [3.63, 3.8) is 0 Å². The van der Waals surface area contributed by atoms with Crippen LogP contribution >= 0.6 is 0 Å². The average molecular weight is 321 g/mol. The second-order valence-corrected chi connectivity index (χ2v) is 7.87. The minimum absolute atomic E-state index is 0.173. The van der Waals surface area contributed by atoms with Gasteiger partial charge in [-0.2, -0.15) is 0 Å². The molecular weight excluding hydrogens is 300 g/mol. The Morgan fingerprint density at radius 2 is 1.91 bits per heavy atom. The molecule has 0 radical (unpaired) electrons. The zero-order valence-corrected chi connectivity index (χ0v) is 13.3. The number of benzene rings is 1. The molecule has 0 N–H and O–H groups in total. The Labute approximate surface area is 134 Å². The van der Waals surface area contributed by atoms with Crippen molar-refractivity contribution in [2.45, 2.75) is 51.4 Å². The number of carbonyl (C=O) groups is 1. The van der Waals surface area contributed by atoms with Gasteiger partial charge in [0.05, 0.1) is 0 Å². The van der Waals surface area contributed by atoms with Gasteiger partial charge < -0.3 is 12.9 Å².